The van der Waals surface area contributed by atoms with Crippen molar-refractivity contribution in [3.63, 3.8) is 0 Å². The lowest BCUT2D eigenvalue weighted by Crippen LogP contribution is -2.49. The lowest BCUT2D eigenvalue weighted by atomic mass is 10.2. The molecule has 1 aliphatic rings. The average molecular weight is 352 g/mol. The standard InChI is InChI=1S/C16H24N4O3S/c1-3-9-20(24(2,22)23)10-7-16(21)19-13-11-18(12-14-19)15-6-4-5-8-17-15/h3-6,8H,1,7,9-14H2,2H3. The molecule has 0 N–H and O–H groups in total. The largest absolute Gasteiger partial charge is 0.353 e. The first-order valence-electron chi connectivity index (χ1n) is 7.91. The van der Waals surface area contributed by atoms with E-state index in [1.54, 1.807) is 11.1 Å². The molecule has 1 aromatic heterocycles. The van der Waals surface area contributed by atoms with Crippen molar-refractivity contribution in [2.45, 2.75) is 6.42 Å². The molecule has 1 fully saturated rings. The fourth-order valence-electron chi connectivity index (χ4n) is 2.64. The van der Waals surface area contributed by atoms with Crippen LogP contribution in [0.25, 0.3) is 0 Å². The molecular weight excluding hydrogens is 328 g/mol. The summed E-state index contributed by atoms with van der Waals surface area (Å²) in [6.07, 6.45) is 4.61. The van der Waals surface area contributed by atoms with Crippen molar-refractivity contribution in [3.05, 3.63) is 37.1 Å². The highest BCUT2D eigenvalue weighted by molar-refractivity contribution is 7.88. The Balaban J connectivity index is 1.83. The summed E-state index contributed by atoms with van der Waals surface area (Å²) in [6, 6.07) is 5.77. The summed E-state index contributed by atoms with van der Waals surface area (Å²) < 4.78 is 24.6. The summed E-state index contributed by atoms with van der Waals surface area (Å²) in [6.45, 7) is 6.66. The zero-order chi connectivity index (χ0) is 17.6. The molecule has 0 spiro atoms. The van der Waals surface area contributed by atoms with Crippen LogP contribution < -0.4 is 4.90 Å². The van der Waals surface area contributed by atoms with E-state index < -0.39 is 10.0 Å². The maximum atomic E-state index is 12.3. The van der Waals surface area contributed by atoms with E-state index in [9.17, 15) is 13.2 Å². The number of carbonyl (C=O) groups is 1. The molecule has 1 aliphatic heterocycles. The van der Waals surface area contributed by atoms with Crippen molar-refractivity contribution in [1.82, 2.24) is 14.2 Å². The van der Waals surface area contributed by atoms with Crippen molar-refractivity contribution in [2.24, 2.45) is 0 Å². The smallest absolute Gasteiger partial charge is 0.224 e. The number of hydrogen-bond acceptors (Lipinski definition) is 5. The third-order valence-electron chi connectivity index (χ3n) is 3.98. The van der Waals surface area contributed by atoms with Crippen LogP contribution in [0.5, 0.6) is 0 Å². The van der Waals surface area contributed by atoms with Crippen molar-refractivity contribution in [1.29, 1.82) is 0 Å². The molecule has 7 nitrogen and oxygen atoms in total. The van der Waals surface area contributed by atoms with Gasteiger partial charge in [-0.3, -0.25) is 4.79 Å². The number of anilines is 1. The van der Waals surface area contributed by atoms with Gasteiger partial charge in [0.1, 0.15) is 5.82 Å². The third-order valence-corrected chi connectivity index (χ3v) is 5.25. The van der Waals surface area contributed by atoms with Crippen LogP contribution in [0, 0.1) is 0 Å². The SMILES string of the molecule is C=CCN(CCC(=O)N1CCN(c2ccccn2)CC1)S(C)(=O)=O. The zero-order valence-electron chi connectivity index (χ0n) is 14.0. The number of pyridine rings is 1. The van der Waals surface area contributed by atoms with Crippen molar-refractivity contribution < 1.29 is 13.2 Å². The Bertz CT molecular complexity index is 655. The third kappa shape index (κ3) is 5.04. The fourth-order valence-corrected chi connectivity index (χ4v) is 3.44. The number of amides is 1. The van der Waals surface area contributed by atoms with Crippen molar-refractivity contribution in [3.8, 4) is 0 Å². The van der Waals surface area contributed by atoms with Gasteiger partial charge in [-0.05, 0) is 12.1 Å². The summed E-state index contributed by atoms with van der Waals surface area (Å²) in [5.41, 5.74) is 0. The van der Waals surface area contributed by atoms with Gasteiger partial charge in [-0.1, -0.05) is 12.1 Å². The number of piperazine rings is 1. The molecule has 0 radical (unpaired) electrons. The van der Waals surface area contributed by atoms with E-state index in [-0.39, 0.29) is 25.4 Å². The van der Waals surface area contributed by atoms with Gasteiger partial charge in [0.25, 0.3) is 0 Å². The lowest BCUT2D eigenvalue weighted by Gasteiger charge is -2.35. The van der Waals surface area contributed by atoms with Crippen LogP contribution in [0.4, 0.5) is 5.82 Å². The first-order chi connectivity index (χ1) is 11.4. The summed E-state index contributed by atoms with van der Waals surface area (Å²) >= 11 is 0. The van der Waals surface area contributed by atoms with Gasteiger partial charge < -0.3 is 9.80 Å². The Morgan fingerprint density at radius 1 is 1.33 bits per heavy atom. The molecule has 24 heavy (non-hydrogen) atoms. The molecule has 0 atom stereocenters. The Labute approximate surface area is 143 Å². The molecule has 1 saturated heterocycles. The lowest BCUT2D eigenvalue weighted by molar-refractivity contribution is -0.131. The molecule has 132 valence electrons. The predicted molar refractivity (Wildman–Crippen MR) is 94.3 cm³/mol. The number of hydrogen-bond donors (Lipinski definition) is 0. The summed E-state index contributed by atoms with van der Waals surface area (Å²) in [5.74, 6) is 0.896. The van der Waals surface area contributed by atoms with Crippen LogP contribution in [0.3, 0.4) is 0 Å². The maximum Gasteiger partial charge on any atom is 0.224 e. The van der Waals surface area contributed by atoms with E-state index in [2.05, 4.69) is 16.5 Å². The topological polar surface area (TPSA) is 73.8 Å². The molecule has 0 aromatic carbocycles. The van der Waals surface area contributed by atoms with Crippen LogP contribution >= 0.6 is 0 Å². The second-order valence-electron chi connectivity index (χ2n) is 5.72. The summed E-state index contributed by atoms with van der Waals surface area (Å²) in [5, 5.41) is 0. The van der Waals surface area contributed by atoms with E-state index in [0.717, 1.165) is 25.2 Å². The Hall–Kier alpha value is -1.93. The molecular formula is C16H24N4O3S. The second kappa shape index (κ2) is 8.25. The highest BCUT2D eigenvalue weighted by Gasteiger charge is 2.23. The average Bonchev–Trinajstić information content (AvgIpc) is 2.58. The van der Waals surface area contributed by atoms with E-state index in [1.165, 1.54) is 10.4 Å². The van der Waals surface area contributed by atoms with Crippen LogP contribution in [-0.2, 0) is 14.8 Å². The quantitative estimate of drug-likeness (QED) is 0.671. The summed E-state index contributed by atoms with van der Waals surface area (Å²) in [4.78, 5) is 20.6. The van der Waals surface area contributed by atoms with Crippen LogP contribution in [-0.4, -0.2) is 74.0 Å². The summed E-state index contributed by atoms with van der Waals surface area (Å²) in [7, 11) is -3.32. The van der Waals surface area contributed by atoms with Crippen LogP contribution in [0.1, 0.15) is 6.42 Å². The zero-order valence-corrected chi connectivity index (χ0v) is 14.8. The Morgan fingerprint density at radius 2 is 2.04 bits per heavy atom. The normalized spacial score (nSPS) is 15.6. The number of sulfonamides is 1. The van der Waals surface area contributed by atoms with Gasteiger partial charge in [0.05, 0.1) is 6.26 Å². The number of nitrogens with zero attached hydrogens (tertiary/aromatic N) is 4. The van der Waals surface area contributed by atoms with Crippen LogP contribution in [0.2, 0.25) is 0 Å². The van der Waals surface area contributed by atoms with Gasteiger partial charge in [-0.2, -0.15) is 4.31 Å². The van der Waals surface area contributed by atoms with Gasteiger partial charge >= 0.3 is 0 Å². The van der Waals surface area contributed by atoms with Gasteiger partial charge in [-0.25, -0.2) is 13.4 Å². The highest BCUT2D eigenvalue weighted by atomic mass is 32.2. The highest BCUT2D eigenvalue weighted by Crippen LogP contribution is 2.13. The molecule has 1 amide bonds. The van der Waals surface area contributed by atoms with Crippen molar-refractivity contribution in [2.75, 3.05) is 50.4 Å². The predicted octanol–water partition coefficient (Wildman–Crippen LogP) is 0.568. The fraction of sp³-hybridized carbons (Fsp3) is 0.500. The van der Waals surface area contributed by atoms with Gasteiger partial charge in [-0.15, -0.1) is 6.58 Å². The molecule has 2 heterocycles. The number of rotatable bonds is 7. The Morgan fingerprint density at radius 3 is 2.58 bits per heavy atom. The Kier molecular flexibility index (Phi) is 6.33. The first kappa shape index (κ1) is 18.4. The van der Waals surface area contributed by atoms with Gasteiger partial charge in [0.15, 0.2) is 0 Å². The molecule has 0 unspecified atom stereocenters. The first-order valence-corrected chi connectivity index (χ1v) is 9.76. The van der Waals surface area contributed by atoms with Crippen molar-refractivity contribution >= 4 is 21.7 Å². The second-order valence-corrected chi connectivity index (χ2v) is 7.70. The van der Waals surface area contributed by atoms with E-state index in [4.69, 9.17) is 0 Å². The molecule has 8 heteroatoms. The van der Waals surface area contributed by atoms with Gasteiger partial charge in [0, 0.05) is 51.9 Å². The van der Waals surface area contributed by atoms with E-state index >= 15 is 0 Å². The van der Waals surface area contributed by atoms with E-state index in [1.807, 2.05) is 18.2 Å². The minimum atomic E-state index is -3.32. The molecule has 0 bridgehead atoms. The molecule has 0 saturated carbocycles. The number of aromatic nitrogens is 1. The minimum Gasteiger partial charge on any atom is -0.353 e. The monoisotopic (exact) mass is 352 g/mol. The van der Waals surface area contributed by atoms with E-state index in [0.29, 0.717) is 13.1 Å². The molecule has 1 aromatic rings. The number of carbonyl (C=O) groups excluding carboxylic acids is 1. The van der Waals surface area contributed by atoms with Gasteiger partial charge in [0.2, 0.25) is 15.9 Å². The molecule has 2 rings (SSSR count). The van der Waals surface area contributed by atoms with Crippen LogP contribution in [0.15, 0.2) is 37.1 Å². The minimum absolute atomic E-state index is 0.0200. The maximum absolute atomic E-state index is 12.3. The molecule has 0 aliphatic carbocycles.